The molecule has 3 aliphatic rings. The molecule has 3 heterocycles. The minimum atomic E-state index is -2.09. The number of aliphatic hydroxyl groups is 9. The van der Waals surface area contributed by atoms with E-state index in [4.69, 9.17) is 23.7 Å². The second kappa shape index (κ2) is 10.7. The highest BCUT2D eigenvalue weighted by Crippen LogP contribution is 2.31. The highest BCUT2D eigenvalue weighted by atomic mass is 16.8. The summed E-state index contributed by atoms with van der Waals surface area (Å²) < 4.78 is 25.7. The Bertz CT molecular complexity index is 663. The number of hydrogen-bond donors (Lipinski definition) is 10. The number of carboxylic acid groups (broad SMARTS) is 1. The molecule has 0 unspecified atom stereocenters. The zero-order valence-electron chi connectivity index (χ0n) is 16.9. The van der Waals surface area contributed by atoms with Crippen LogP contribution in [0.25, 0.3) is 0 Å². The Labute approximate surface area is 185 Å². The maximum Gasteiger partial charge on any atom is 0.335 e. The maximum atomic E-state index is 11.6. The summed E-state index contributed by atoms with van der Waals surface area (Å²) >= 11 is 0. The minimum Gasteiger partial charge on any atom is -0.479 e. The number of carboxylic acids is 1. The molecule has 14 atom stereocenters. The molecule has 0 radical (unpaired) electrons. The van der Waals surface area contributed by atoms with Crippen molar-refractivity contribution >= 4 is 5.97 Å². The second-order valence-corrected chi connectivity index (χ2v) is 7.93. The third-order valence-corrected chi connectivity index (χ3v) is 5.67. The lowest BCUT2D eigenvalue weighted by Crippen LogP contribution is -2.66. The lowest BCUT2D eigenvalue weighted by Gasteiger charge is -2.46. The zero-order chi connectivity index (χ0) is 24.6. The van der Waals surface area contributed by atoms with Crippen molar-refractivity contribution in [1.82, 2.24) is 0 Å². The summed E-state index contributed by atoms with van der Waals surface area (Å²) in [5.41, 5.74) is 0. The summed E-state index contributed by atoms with van der Waals surface area (Å²) in [6, 6.07) is 0. The van der Waals surface area contributed by atoms with Crippen LogP contribution in [0.1, 0.15) is 0 Å². The number of aliphatic carboxylic acids is 1. The Hall–Kier alpha value is -1.09. The van der Waals surface area contributed by atoms with Gasteiger partial charge in [-0.2, -0.15) is 0 Å². The topological polar surface area (TPSA) is 266 Å². The van der Waals surface area contributed by atoms with E-state index in [9.17, 15) is 55.9 Å². The van der Waals surface area contributed by atoms with Crippen LogP contribution in [0.3, 0.4) is 0 Å². The molecule has 3 aliphatic heterocycles. The van der Waals surface area contributed by atoms with E-state index in [-0.39, 0.29) is 0 Å². The largest absolute Gasteiger partial charge is 0.479 e. The third kappa shape index (κ3) is 5.29. The molecular weight excluding hydrogens is 460 g/mol. The quantitative estimate of drug-likeness (QED) is 0.166. The molecule has 3 saturated heterocycles. The lowest BCUT2D eigenvalue weighted by molar-refractivity contribution is -0.372. The van der Waals surface area contributed by atoms with Gasteiger partial charge in [-0.1, -0.05) is 0 Å². The van der Waals surface area contributed by atoms with Crippen molar-refractivity contribution in [1.29, 1.82) is 0 Å². The van der Waals surface area contributed by atoms with E-state index in [2.05, 4.69) is 0 Å². The van der Waals surface area contributed by atoms with E-state index in [1.807, 2.05) is 0 Å². The average molecular weight is 488 g/mol. The fourth-order valence-corrected chi connectivity index (χ4v) is 3.73. The van der Waals surface area contributed by atoms with Crippen LogP contribution in [0.2, 0.25) is 0 Å². The monoisotopic (exact) mass is 488 g/mol. The SMILES string of the molecule is O=C(O)[C@H]1O[C@@H](O)[C@H](O[C@@H]2OC[C@@H](O)[C@H](O)[C@H]2O)[C@@H](O)[C@@H]1O[C@@H]1O[C@H](CO)[C@@H](O)[C@H](O)[C@H]1O. The third-order valence-electron chi connectivity index (χ3n) is 5.67. The molecule has 0 aliphatic carbocycles. The van der Waals surface area contributed by atoms with Crippen molar-refractivity contribution in [3.8, 4) is 0 Å². The summed E-state index contributed by atoms with van der Waals surface area (Å²) in [7, 11) is 0. The number of hydrogen-bond acceptors (Lipinski definition) is 15. The van der Waals surface area contributed by atoms with E-state index in [0.29, 0.717) is 0 Å². The van der Waals surface area contributed by atoms with Gasteiger partial charge in [0.25, 0.3) is 0 Å². The molecule has 10 N–H and O–H groups in total. The summed E-state index contributed by atoms with van der Waals surface area (Å²) in [5, 5.41) is 98.7. The van der Waals surface area contributed by atoms with Crippen molar-refractivity contribution < 1.29 is 79.5 Å². The van der Waals surface area contributed by atoms with Gasteiger partial charge in [-0.15, -0.1) is 0 Å². The van der Waals surface area contributed by atoms with Crippen molar-refractivity contribution in [3.05, 3.63) is 0 Å². The standard InChI is InChI=1S/C17H28O16/c18-1-4-6(21)7(22)9(24)17(30-4)32-11-10(25)12(15(28)31-13(11)14(26)27)33-16-8(23)5(20)3(19)2-29-16/h3-13,15-25,28H,1-2H2,(H,26,27)/t3-,4-,5+,6-,7+,8-,9-,10+,11+,12-,13+,15-,16+,17+/m1/s1. The Morgan fingerprint density at radius 1 is 0.758 bits per heavy atom. The van der Waals surface area contributed by atoms with Gasteiger partial charge in [0.1, 0.15) is 61.0 Å². The molecule has 0 aromatic heterocycles. The Kier molecular flexibility index (Phi) is 8.57. The fraction of sp³-hybridized carbons (Fsp3) is 0.941. The van der Waals surface area contributed by atoms with Crippen molar-refractivity contribution in [3.63, 3.8) is 0 Å². The molecule has 0 saturated carbocycles. The van der Waals surface area contributed by atoms with Crippen molar-refractivity contribution in [2.24, 2.45) is 0 Å². The molecule has 0 spiro atoms. The van der Waals surface area contributed by atoms with Gasteiger partial charge in [0.2, 0.25) is 0 Å². The summed E-state index contributed by atoms with van der Waals surface area (Å²) in [5.74, 6) is -1.70. The van der Waals surface area contributed by atoms with Crippen LogP contribution in [0, 0.1) is 0 Å². The van der Waals surface area contributed by atoms with E-state index in [1.54, 1.807) is 0 Å². The minimum absolute atomic E-state index is 0.467. The van der Waals surface area contributed by atoms with Gasteiger partial charge in [-0.3, -0.25) is 0 Å². The van der Waals surface area contributed by atoms with Crippen LogP contribution in [0.15, 0.2) is 0 Å². The van der Waals surface area contributed by atoms with Crippen molar-refractivity contribution in [2.75, 3.05) is 13.2 Å². The normalized spacial score (nSPS) is 51.3. The molecule has 3 rings (SSSR count). The lowest BCUT2D eigenvalue weighted by atomic mass is 9.96. The molecule has 0 amide bonds. The summed E-state index contributed by atoms with van der Waals surface area (Å²) in [6.45, 7) is -1.27. The highest BCUT2D eigenvalue weighted by molar-refractivity contribution is 5.73. The summed E-state index contributed by atoms with van der Waals surface area (Å²) in [6.07, 6.45) is -25.2. The Morgan fingerprint density at radius 2 is 1.36 bits per heavy atom. The van der Waals surface area contributed by atoms with Gasteiger partial charge in [0.05, 0.1) is 13.2 Å². The Morgan fingerprint density at radius 3 is 1.97 bits per heavy atom. The van der Waals surface area contributed by atoms with Gasteiger partial charge < -0.3 is 74.7 Å². The first-order valence-corrected chi connectivity index (χ1v) is 9.99. The fourth-order valence-electron chi connectivity index (χ4n) is 3.73. The van der Waals surface area contributed by atoms with Gasteiger partial charge in [-0.05, 0) is 0 Å². The van der Waals surface area contributed by atoms with Gasteiger partial charge in [0.15, 0.2) is 25.0 Å². The van der Waals surface area contributed by atoms with Crippen LogP contribution in [0.4, 0.5) is 0 Å². The molecular formula is C17H28O16. The van der Waals surface area contributed by atoms with E-state index in [1.165, 1.54) is 0 Å². The molecule has 0 bridgehead atoms. The van der Waals surface area contributed by atoms with Crippen LogP contribution in [-0.2, 0) is 28.5 Å². The zero-order valence-corrected chi connectivity index (χ0v) is 16.9. The molecule has 16 heteroatoms. The second-order valence-electron chi connectivity index (χ2n) is 7.93. The Balaban J connectivity index is 1.78. The number of ether oxygens (including phenoxy) is 5. The predicted molar refractivity (Wildman–Crippen MR) is 95.8 cm³/mol. The highest BCUT2D eigenvalue weighted by Gasteiger charge is 2.54. The molecule has 16 nitrogen and oxygen atoms in total. The van der Waals surface area contributed by atoms with Gasteiger partial charge >= 0.3 is 5.97 Å². The smallest absolute Gasteiger partial charge is 0.335 e. The first-order chi connectivity index (χ1) is 15.5. The van der Waals surface area contributed by atoms with Gasteiger partial charge in [0, 0.05) is 0 Å². The number of carbonyl (C=O) groups is 1. The van der Waals surface area contributed by atoms with Crippen LogP contribution >= 0.6 is 0 Å². The number of rotatable bonds is 6. The molecule has 33 heavy (non-hydrogen) atoms. The summed E-state index contributed by atoms with van der Waals surface area (Å²) in [4.78, 5) is 11.6. The average Bonchev–Trinajstić information content (AvgIpc) is 2.77. The van der Waals surface area contributed by atoms with Crippen LogP contribution in [0.5, 0.6) is 0 Å². The van der Waals surface area contributed by atoms with Crippen LogP contribution in [-0.4, -0.2) is 156 Å². The predicted octanol–water partition coefficient (Wildman–Crippen LogP) is -6.84. The van der Waals surface area contributed by atoms with E-state index < -0.39 is 105 Å². The van der Waals surface area contributed by atoms with E-state index >= 15 is 0 Å². The maximum absolute atomic E-state index is 11.6. The first-order valence-electron chi connectivity index (χ1n) is 9.99. The van der Waals surface area contributed by atoms with E-state index in [0.717, 1.165) is 0 Å². The molecule has 0 aromatic rings. The number of aliphatic hydroxyl groups excluding tert-OH is 9. The first kappa shape index (κ1) is 26.5. The molecule has 0 aromatic carbocycles. The van der Waals surface area contributed by atoms with Crippen molar-refractivity contribution in [2.45, 2.75) is 86.0 Å². The van der Waals surface area contributed by atoms with Gasteiger partial charge in [-0.25, -0.2) is 4.79 Å². The molecule has 3 fully saturated rings. The molecule has 192 valence electrons. The van der Waals surface area contributed by atoms with Crippen LogP contribution < -0.4 is 0 Å².